The van der Waals surface area contributed by atoms with E-state index in [-0.39, 0.29) is 12.4 Å². The van der Waals surface area contributed by atoms with Crippen molar-refractivity contribution in [1.82, 2.24) is 9.55 Å². The molecule has 86 valence electrons. The molecular weight excluding hydrogens is 240 g/mol. The van der Waals surface area contributed by atoms with Crippen molar-refractivity contribution in [3.63, 3.8) is 0 Å². The molecule has 2 nitrogen and oxygen atoms in total. The molecule has 0 atom stereocenters. The summed E-state index contributed by atoms with van der Waals surface area (Å²) in [7, 11) is 0. The summed E-state index contributed by atoms with van der Waals surface area (Å²) < 4.78 is 2.40. The number of halogens is 1. The van der Waals surface area contributed by atoms with E-state index < -0.39 is 0 Å². The van der Waals surface area contributed by atoms with Gasteiger partial charge < -0.3 is 17.0 Å². The van der Waals surface area contributed by atoms with Gasteiger partial charge in [-0.1, -0.05) is 12.5 Å². The minimum Gasteiger partial charge on any atom is -1.00 e. The molecular formula is C12H14ClN2S-. The molecule has 0 saturated carbocycles. The van der Waals surface area contributed by atoms with Crippen LogP contribution < -0.4 is 12.4 Å². The summed E-state index contributed by atoms with van der Waals surface area (Å²) in [5.41, 5.74) is 1.31. The maximum Gasteiger partial charge on any atom is 0.109 e. The second-order valence-corrected chi connectivity index (χ2v) is 4.95. The Labute approximate surface area is 106 Å². The highest BCUT2D eigenvalue weighted by Gasteiger charge is 2.14. The Morgan fingerprint density at radius 1 is 1.25 bits per heavy atom. The van der Waals surface area contributed by atoms with Crippen LogP contribution in [0.4, 0.5) is 0 Å². The molecule has 2 aromatic heterocycles. The lowest BCUT2D eigenvalue weighted by molar-refractivity contribution is -0.00000305. The Bertz CT molecular complexity index is 448. The van der Waals surface area contributed by atoms with Crippen molar-refractivity contribution >= 4 is 11.3 Å². The largest absolute Gasteiger partial charge is 1.00 e. The first kappa shape index (κ1) is 11.7. The second-order valence-electron chi connectivity index (χ2n) is 4.00. The highest BCUT2D eigenvalue weighted by atomic mass is 35.5. The summed E-state index contributed by atoms with van der Waals surface area (Å²) in [4.78, 5) is 5.89. The number of hydrogen-bond acceptors (Lipinski definition) is 2. The van der Waals surface area contributed by atoms with Gasteiger partial charge in [-0.25, -0.2) is 4.98 Å². The molecule has 0 bridgehead atoms. The SMILES string of the molecule is [Cl-].c1csc(-c2cnc3n2CCCCC3)c1. The van der Waals surface area contributed by atoms with E-state index in [0.29, 0.717) is 0 Å². The number of rotatable bonds is 1. The summed E-state index contributed by atoms with van der Waals surface area (Å²) in [5.74, 6) is 1.27. The average molecular weight is 254 g/mol. The first-order valence-electron chi connectivity index (χ1n) is 5.53. The fourth-order valence-electron chi connectivity index (χ4n) is 2.21. The number of imidazole rings is 1. The fraction of sp³-hybridized carbons (Fsp3) is 0.417. The van der Waals surface area contributed by atoms with Crippen molar-refractivity contribution in [3.8, 4) is 10.6 Å². The van der Waals surface area contributed by atoms with E-state index in [1.54, 1.807) is 11.3 Å². The van der Waals surface area contributed by atoms with Crippen LogP contribution in [0.2, 0.25) is 0 Å². The van der Waals surface area contributed by atoms with Gasteiger partial charge in [0.1, 0.15) is 5.82 Å². The first-order chi connectivity index (χ1) is 7.45. The Morgan fingerprint density at radius 3 is 3.00 bits per heavy atom. The van der Waals surface area contributed by atoms with Crippen LogP contribution in [0.25, 0.3) is 10.6 Å². The van der Waals surface area contributed by atoms with Crippen molar-refractivity contribution in [2.45, 2.75) is 32.2 Å². The van der Waals surface area contributed by atoms with E-state index in [1.165, 1.54) is 35.7 Å². The number of thiophene rings is 1. The molecule has 0 saturated heterocycles. The minimum absolute atomic E-state index is 0. The molecule has 0 N–H and O–H groups in total. The highest BCUT2D eigenvalue weighted by Crippen LogP contribution is 2.27. The predicted octanol–water partition coefficient (Wildman–Crippen LogP) is 0.342. The van der Waals surface area contributed by atoms with E-state index in [2.05, 4.69) is 27.1 Å². The molecule has 0 fully saturated rings. The van der Waals surface area contributed by atoms with E-state index in [0.717, 1.165) is 13.0 Å². The molecule has 0 aromatic carbocycles. The quantitative estimate of drug-likeness (QED) is 0.717. The van der Waals surface area contributed by atoms with Crippen LogP contribution in [0.5, 0.6) is 0 Å². The Morgan fingerprint density at radius 2 is 2.19 bits per heavy atom. The Hall–Kier alpha value is -0.800. The number of fused-ring (bicyclic) bond motifs is 1. The maximum atomic E-state index is 4.54. The lowest BCUT2D eigenvalue weighted by Crippen LogP contribution is -3.00. The molecule has 0 amide bonds. The summed E-state index contributed by atoms with van der Waals surface area (Å²) >= 11 is 1.80. The summed E-state index contributed by atoms with van der Waals surface area (Å²) in [6.07, 6.45) is 7.10. The lowest BCUT2D eigenvalue weighted by atomic mass is 10.2. The van der Waals surface area contributed by atoms with E-state index >= 15 is 0 Å². The van der Waals surface area contributed by atoms with Crippen LogP contribution >= 0.6 is 11.3 Å². The standard InChI is InChI=1S/C12H14N2S.ClH/c1-2-6-12-13-9-10(14(12)7-3-1)11-5-4-8-15-11;/h4-5,8-9H,1-3,6-7H2;1H/p-1. The molecule has 0 radical (unpaired) electrons. The van der Waals surface area contributed by atoms with Gasteiger partial charge in [-0.2, -0.15) is 0 Å². The van der Waals surface area contributed by atoms with Crippen molar-refractivity contribution in [2.75, 3.05) is 0 Å². The molecule has 1 aliphatic rings. The van der Waals surface area contributed by atoms with Crippen LogP contribution in [-0.4, -0.2) is 9.55 Å². The van der Waals surface area contributed by atoms with E-state index in [1.807, 2.05) is 6.20 Å². The second kappa shape index (κ2) is 5.02. The van der Waals surface area contributed by atoms with Crippen LogP contribution in [-0.2, 0) is 13.0 Å². The highest BCUT2D eigenvalue weighted by molar-refractivity contribution is 7.13. The van der Waals surface area contributed by atoms with Gasteiger partial charge in [0.15, 0.2) is 0 Å². The van der Waals surface area contributed by atoms with Crippen molar-refractivity contribution in [2.24, 2.45) is 0 Å². The number of nitrogens with zero attached hydrogens (tertiary/aromatic N) is 2. The van der Waals surface area contributed by atoms with E-state index in [4.69, 9.17) is 0 Å². The zero-order valence-electron chi connectivity index (χ0n) is 9.03. The maximum absolute atomic E-state index is 4.54. The predicted molar refractivity (Wildman–Crippen MR) is 63.1 cm³/mol. The molecule has 4 heteroatoms. The summed E-state index contributed by atoms with van der Waals surface area (Å²) in [5, 5.41) is 2.13. The lowest BCUT2D eigenvalue weighted by Gasteiger charge is -2.06. The fourth-order valence-corrected chi connectivity index (χ4v) is 2.96. The molecule has 0 unspecified atom stereocenters. The third-order valence-corrected chi connectivity index (χ3v) is 3.89. The monoisotopic (exact) mass is 253 g/mol. The van der Waals surface area contributed by atoms with Crippen LogP contribution in [0, 0.1) is 0 Å². The van der Waals surface area contributed by atoms with Gasteiger partial charge in [0.25, 0.3) is 0 Å². The number of hydrogen-bond donors (Lipinski definition) is 0. The molecule has 0 spiro atoms. The van der Waals surface area contributed by atoms with Gasteiger partial charge in [0.05, 0.1) is 16.8 Å². The molecule has 3 heterocycles. The number of aromatic nitrogens is 2. The number of aryl methyl sites for hydroxylation is 1. The Kier molecular flexibility index (Phi) is 3.66. The van der Waals surface area contributed by atoms with Gasteiger partial charge in [-0.3, -0.25) is 0 Å². The van der Waals surface area contributed by atoms with Gasteiger partial charge in [0.2, 0.25) is 0 Å². The van der Waals surface area contributed by atoms with Gasteiger partial charge >= 0.3 is 0 Å². The van der Waals surface area contributed by atoms with Gasteiger partial charge in [0, 0.05) is 13.0 Å². The Balaban J connectivity index is 0.000000963. The summed E-state index contributed by atoms with van der Waals surface area (Å²) in [6, 6.07) is 4.29. The molecule has 1 aliphatic heterocycles. The van der Waals surface area contributed by atoms with Crippen LogP contribution in [0.15, 0.2) is 23.7 Å². The average Bonchev–Trinajstić information content (AvgIpc) is 2.83. The minimum atomic E-state index is 0. The van der Waals surface area contributed by atoms with Gasteiger partial charge in [-0.05, 0) is 24.3 Å². The zero-order valence-corrected chi connectivity index (χ0v) is 10.6. The van der Waals surface area contributed by atoms with Crippen LogP contribution in [0.3, 0.4) is 0 Å². The molecule has 16 heavy (non-hydrogen) atoms. The third kappa shape index (κ3) is 2.02. The van der Waals surface area contributed by atoms with Crippen molar-refractivity contribution < 1.29 is 12.4 Å². The first-order valence-corrected chi connectivity index (χ1v) is 6.41. The molecule has 0 aliphatic carbocycles. The van der Waals surface area contributed by atoms with Crippen molar-refractivity contribution in [1.29, 1.82) is 0 Å². The third-order valence-electron chi connectivity index (χ3n) is 2.99. The molecule has 2 aromatic rings. The van der Waals surface area contributed by atoms with Crippen LogP contribution in [0.1, 0.15) is 25.1 Å². The smallest absolute Gasteiger partial charge is 0.109 e. The van der Waals surface area contributed by atoms with Crippen molar-refractivity contribution in [3.05, 3.63) is 29.5 Å². The topological polar surface area (TPSA) is 17.8 Å². The molecule has 3 rings (SSSR count). The normalized spacial score (nSPS) is 15.0. The van der Waals surface area contributed by atoms with E-state index in [9.17, 15) is 0 Å². The zero-order chi connectivity index (χ0) is 10.1. The van der Waals surface area contributed by atoms with Gasteiger partial charge in [-0.15, -0.1) is 11.3 Å². The summed E-state index contributed by atoms with van der Waals surface area (Å²) in [6.45, 7) is 1.14.